The molecule has 176 valence electrons. The average molecular weight is 489 g/mol. The van der Waals surface area contributed by atoms with Gasteiger partial charge in [-0.1, -0.05) is 17.7 Å². The molecule has 0 unspecified atom stereocenters. The Morgan fingerprint density at radius 2 is 2.09 bits per heavy atom. The molecule has 1 aliphatic heterocycles. The third kappa shape index (κ3) is 3.37. The van der Waals surface area contributed by atoms with Crippen LogP contribution in [0.25, 0.3) is 22.3 Å². The summed E-state index contributed by atoms with van der Waals surface area (Å²) in [6, 6.07) is 7.84. The quantitative estimate of drug-likeness (QED) is 0.364. The van der Waals surface area contributed by atoms with E-state index in [1.54, 1.807) is 25.6 Å². The number of anilines is 2. The van der Waals surface area contributed by atoms with Gasteiger partial charge in [-0.05, 0) is 37.5 Å². The van der Waals surface area contributed by atoms with E-state index in [0.717, 1.165) is 36.2 Å². The zero-order chi connectivity index (χ0) is 23.7. The van der Waals surface area contributed by atoms with E-state index in [9.17, 15) is 4.79 Å². The highest BCUT2D eigenvalue weighted by atomic mass is 35.5. The fourth-order valence-electron chi connectivity index (χ4n) is 4.74. The van der Waals surface area contributed by atoms with Gasteiger partial charge < -0.3 is 25.1 Å². The van der Waals surface area contributed by atoms with Crippen LogP contribution in [0.2, 0.25) is 5.02 Å². The zero-order valence-electron chi connectivity index (χ0n) is 18.8. The number of ether oxygens (including phenoxy) is 2. The number of nitrogens with zero attached hydrogens (tertiary/aromatic N) is 3. The predicted molar refractivity (Wildman–Crippen MR) is 131 cm³/mol. The fraction of sp³-hybridized carbons (Fsp3) is 0.280. The zero-order valence-corrected chi connectivity index (χ0v) is 19.5. The maximum atomic E-state index is 13.2. The number of pyridine rings is 1. The third-order valence-electron chi connectivity index (χ3n) is 6.69. The lowest BCUT2D eigenvalue weighted by Gasteiger charge is -2.17. The van der Waals surface area contributed by atoms with E-state index < -0.39 is 0 Å². The van der Waals surface area contributed by atoms with Crippen LogP contribution in [0.15, 0.2) is 36.7 Å². The van der Waals surface area contributed by atoms with Crippen molar-refractivity contribution in [1.29, 1.82) is 0 Å². The summed E-state index contributed by atoms with van der Waals surface area (Å²) in [6.45, 7) is 0. The molecule has 2 aliphatic carbocycles. The van der Waals surface area contributed by atoms with Crippen molar-refractivity contribution in [3.63, 3.8) is 0 Å². The molecule has 7 rings (SSSR count). The van der Waals surface area contributed by atoms with Gasteiger partial charge in [-0.25, -0.2) is 4.98 Å². The fourth-order valence-corrected chi connectivity index (χ4v) is 4.99. The van der Waals surface area contributed by atoms with Gasteiger partial charge in [0.15, 0.2) is 5.75 Å². The van der Waals surface area contributed by atoms with Crippen LogP contribution in [-0.4, -0.2) is 45.1 Å². The van der Waals surface area contributed by atoms with E-state index in [1.807, 2.05) is 18.2 Å². The van der Waals surface area contributed by atoms with Crippen LogP contribution in [0.4, 0.5) is 11.4 Å². The van der Waals surface area contributed by atoms with Gasteiger partial charge in [-0.2, -0.15) is 4.98 Å². The normalized spacial score (nSPS) is 20.1. The number of aromatic amines is 1. The predicted octanol–water partition coefficient (Wildman–Crippen LogP) is 4.57. The molecule has 0 radical (unpaired) electrons. The summed E-state index contributed by atoms with van der Waals surface area (Å²) in [5, 5.41) is 7.01. The van der Waals surface area contributed by atoms with Gasteiger partial charge in [0.1, 0.15) is 17.1 Å². The second-order valence-electron chi connectivity index (χ2n) is 9.09. The molecule has 0 bridgehead atoms. The number of H-pyrrole nitrogens is 1. The van der Waals surface area contributed by atoms with Gasteiger partial charge in [0.05, 0.1) is 41.0 Å². The van der Waals surface area contributed by atoms with Crippen LogP contribution >= 0.6 is 11.6 Å². The summed E-state index contributed by atoms with van der Waals surface area (Å²) in [5.74, 6) is 0.642. The second-order valence-corrected chi connectivity index (χ2v) is 9.50. The molecule has 35 heavy (non-hydrogen) atoms. The Labute approximate surface area is 205 Å². The van der Waals surface area contributed by atoms with Crippen molar-refractivity contribution < 1.29 is 14.3 Å². The van der Waals surface area contributed by atoms with Crippen LogP contribution in [0, 0.1) is 0 Å². The second kappa shape index (κ2) is 7.58. The summed E-state index contributed by atoms with van der Waals surface area (Å²) >= 11 is 6.38. The molecule has 2 atom stereocenters. The van der Waals surface area contributed by atoms with E-state index in [4.69, 9.17) is 26.1 Å². The number of amides is 1. The Balaban J connectivity index is 1.43. The first-order valence-corrected chi connectivity index (χ1v) is 11.9. The molecule has 2 fully saturated rings. The standard InChI is InChI=1S/C25H21ClN6O3/c1-34-23-14(26)3-2-4-15(23)29-22-18-20(13-9-16(13)30-24(18)33)31-21(22)12-7-8-27-17-10-28-25(32-19(12)17)35-11-5-6-11/h2-4,7-8,10-11,13,16,29,31H,5-6,9H2,1H3,(H,30,33)/t13-,16+/m0/s1. The minimum absolute atomic E-state index is 0.115. The van der Waals surface area contributed by atoms with Crippen LogP contribution in [-0.2, 0) is 0 Å². The van der Waals surface area contributed by atoms with E-state index in [1.165, 1.54) is 0 Å². The highest BCUT2D eigenvalue weighted by Gasteiger charge is 2.48. The molecular formula is C25H21ClN6O3. The number of halogens is 1. The SMILES string of the molecule is COc1c(Cl)cccc1Nc1c(-c2ccnc3cnc(OC4CC4)nc23)[nH]c2c1C(=O)N[C@@H]1C[C@H]21. The van der Waals surface area contributed by atoms with E-state index in [0.29, 0.717) is 44.8 Å². The molecule has 0 saturated heterocycles. The number of carbonyl (C=O) groups excluding carboxylic acids is 1. The van der Waals surface area contributed by atoms with Crippen molar-refractivity contribution in [2.45, 2.75) is 37.3 Å². The monoisotopic (exact) mass is 488 g/mol. The summed E-state index contributed by atoms with van der Waals surface area (Å²) in [4.78, 5) is 30.2. The van der Waals surface area contributed by atoms with Crippen LogP contribution in [0.5, 0.6) is 11.8 Å². The summed E-state index contributed by atoms with van der Waals surface area (Å²) < 4.78 is 11.4. The van der Waals surface area contributed by atoms with Gasteiger partial charge in [0, 0.05) is 29.4 Å². The molecule has 9 nitrogen and oxygen atoms in total. The van der Waals surface area contributed by atoms with Crippen molar-refractivity contribution in [1.82, 2.24) is 25.3 Å². The van der Waals surface area contributed by atoms with Crippen molar-refractivity contribution in [3.05, 3.63) is 52.9 Å². The molecule has 10 heteroatoms. The van der Waals surface area contributed by atoms with Crippen molar-refractivity contribution in [2.75, 3.05) is 12.4 Å². The average Bonchev–Trinajstić information content (AvgIpc) is 3.78. The molecule has 3 aliphatic rings. The van der Waals surface area contributed by atoms with Gasteiger partial charge in [-0.3, -0.25) is 9.78 Å². The number of carbonyl (C=O) groups is 1. The number of para-hydroxylation sites is 1. The highest BCUT2D eigenvalue weighted by Crippen LogP contribution is 2.50. The molecule has 4 aromatic rings. The topological polar surface area (TPSA) is 114 Å². The van der Waals surface area contributed by atoms with Crippen LogP contribution in [0.3, 0.4) is 0 Å². The molecule has 0 spiro atoms. The highest BCUT2D eigenvalue weighted by molar-refractivity contribution is 6.32. The lowest BCUT2D eigenvalue weighted by molar-refractivity contribution is 0.0944. The van der Waals surface area contributed by atoms with E-state index in [2.05, 4.69) is 25.6 Å². The summed E-state index contributed by atoms with van der Waals surface area (Å²) in [6.07, 6.45) is 6.50. The first-order chi connectivity index (χ1) is 17.1. The Hall–Kier alpha value is -3.85. The minimum Gasteiger partial charge on any atom is -0.493 e. The minimum atomic E-state index is -0.115. The number of hydrogen-bond acceptors (Lipinski definition) is 7. The smallest absolute Gasteiger partial charge is 0.317 e. The maximum absolute atomic E-state index is 13.2. The number of fused-ring (bicyclic) bond motifs is 4. The lowest BCUT2D eigenvalue weighted by Crippen LogP contribution is -2.31. The van der Waals surface area contributed by atoms with E-state index in [-0.39, 0.29) is 24.0 Å². The number of methoxy groups -OCH3 is 1. The van der Waals surface area contributed by atoms with Crippen molar-refractivity contribution in [3.8, 4) is 23.0 Å². The van der Waals surface area contributed by atoms with Gasteiger partial charge in [0.2, 0.25) is 0 Å². The Morgan fingerprint density at radius 1 is 1.20 bits per heavy atom. The van der Waals surface area contributed by atoms with Gasteiger partial charge >= 0.3 is 6.01 Å². The largest absolute Gasteiger partial charge is 0.493 e. The Kier molecular flexibility index (Phi) is 4.44. The number of rotatable bonds is 6. The van der Waals surface area contributed by atoms with Crippen LogP contribution in [0.1, 0.15) is 41.2 Å². The molecule has 1 amide bonds. The maximum Gasteiger partial charge on any atom is 0.317 e. The molecule has 3 N–H and O–H groups in total. The van der Waals surface area contributed by atoms with Crippen molar-refractivity contribution in [2.24, 2.45) is 0 Å². The van der Waals surface area contributed by atoms with Gasteiger partial charge in [0.25, 0.3) is 5.91 Å². The van der Waals surface area contributed by atoms with E-state index >= 15 is 0 Å². The molecular weight excluding hydrogens is 468 g/mol. The molecule has 1 aromatic carbocycles. The number of aromatic nitrogens is 4. The number of nitrogens with one attached hydrogen (secondary N) is 3. The number of hydrogen-bond donors (Lipinski definition) is 3. The molecule has 2 saturated carbocycles. The molecule has 4 heterocycles. The van der Waals surface area contributed by atoms with Gasteiger partial charge in [-0.15, -0.1) is 0 Å². The summed E-state index contributed by atoms with van der Waals surface area (Å²) in [5.41, 5.74) is 5.62. The van der Waals surface area contributed by atoms with Crippen molar-refractivity contribution >= 4 is 39.9 Å². The van der Waals surface area contributed by atoms with Crippen LogP contribution < -0.4 is 20.1 Å². The first kappa shape index (κ1) is 20.5. The number of benzene rings is 1. The Bertz CT molecular complexity index is 1510. The molecule has 3 aromatic heterocycles. The third-order valence-corrected chi connectivity index (χ3v) is 6.99. The lowest BCUT2D eigenvalue weighted by atomic mass is 10.0. The summed E-state index contributed by atoms with van der Waals surface area (Å²) in [7, 11) is 1.57. The Morgan fingerprint density at radius 3 is 2.91 bits per heavy atom. The first-order valence-electron chi connectivity index (χ1n) is 11.6.